The summed E-state index contributed by atoms with van der Waals surface area (Å²) in [6, 6.07) is 10.3. The van der Waals surface area contributed by atoms with Crippen molar-refractivity contribution in [3.8, 4) is 0 Å². The van der Waals surface area contributed by atoms with Gasteiger partial charge in [-0.3, -0.25) is 15.0 Å². The number of amides is 1. The maximum absolute atomic E-state index is 13.1. The summed E-state index contributed by atoms with van der Waals surface area (Å²) in [5.41, 5.74) is 4.00. The van der Waals surface area contributed by atoms with Crippen molar-refractivity contribution in [1.29, 1.82) is 0 Å². The first-order valence-corrected chi connectivity index (χ1v) is 12.3. The molecule has 2 aromatic carbocycles. The van der Waals surface area contributed by atoms with Crippen molar-refractivity contribution in [3.63, 3.8) is 0 Å². The molecule has 1 heterocycles. The number of sulfonamides is 1. The van der Waals surface area contributed by atoms with Crippen molar-refractivity contribution in [2.45, 2.75) is 64.8 Å². The molecule has 0 aliphatic heterocycles. The van der Waals surface area contributed by atoms with E-state index in [4.69, 9.17) is 0 Å². The van der Waals surface area contributed by atoms with Gasteiger partial charge in [-0.15, -0.1) is 4.83 Å². The molecule has 0 radical (unpaired) electrons. The van der Waals surface area contributed by atoms with E-state index in [1.807, 2.05) is 19.1 Å². The zero-order valence-corrected chi connectivity index (χ0v) is 20.6. The molecule has 0 saturated carbocycles. The standard InChI is InChI=1S/C24H30N4O4S/c1-7-12-28-23(30)19-11-9-8-10-18(19)20(26-28)22(29)25-27-33(31,32)21-15(2)13-17(14-16(21)3)24(4,5)6/h8-11,13-14,27H,7,12H2,1-6H3,(H,25,29). The van der Waals surface area contributed by atoms with Crippen LogP contribution in [0.1, 0.15) is 61.3 Å². The number of nitrogens with one attached hydrogen (secondary N) is 2. The molecule has 0 spiro atoms. The van der Waals surface area contributed by atoms with E-state index in [-0.39, 0.29) is 21.6 Å². The van der Waals surface area contributed by atoms with Gasteiger partial charge in [-0.2, -0.15) is 5.10 Å². The second-order valence-electron chi connectivity index (χ2n) is 9.17. The molecule has 2 N–H and O–H groups in total. The number of hydrogen-bond acceptors (Lipinski definition) is 5. The molecule has 3 aromatic rings. The van der Waals surface area contributed by atoms with Crippen LogP contribution in [0.15, 0.2) is 46.1 Å². The molecule has 3 rings (SSSR count). The zero-order chi connectivity index (χ0) is 24.6. The average molecular weight is 471 g/mol. The Morgan fingerprint density at radius 3 is 2.18 bits per heavy atom. The normalized spacial score (nSPS) is 12.2. The van der Waals surface area contributed by atoms with Crippen molar-refractivity contribution in [3.05, 3.63) is 69.1 Å². The SMILES string of the molecule is CCCn1nc(C(=O)NNS(=O)(=O)c2c(C)cc(C(C)(C)C)cc2C)c2ccccc2c1=O. The van der Waals surface area contributed by atoms with Crippen LogP contribution in [0.3, 0.4) is 0 Å². The predicted octanol–water partition coefficient (Wildman–Crippen LogP) is 3.34. The monoisotopic (exact) mass is 470 g/mol. The Morgan fingerprint density at radius 2 is 1.64 bits per heavy atom. The van der Waals surface area contributed by atoms with Gasteiger partial charge in [-0.25, -0.2) is 13.1 Å². The molecule has 176 valence electrons. The van der Waals surface area contributed by atoms with Gasteiger partial charge in [0, 0.05) is 11.9 Å². The Balaban J connectivity index is 1.95. The van der Waals surface area contributed by atoms with Crippen LogP contribution in [0.4, 0.5) is 0 Å². The Labute approximate surface area is 194 Å². The minimum Gasteiger partial charge on any atom is -0.272 e. The van der Waals surface area contributed by atoms with Crippen molar-refractivity contribution in [2.75, 3.05) is 0 Å². The number of aryl methyl sites for hydroxylation is 3. The molecular weight excluding hydrogens is 440 g/mol. The van der Waals surface area contributed by atoms with E-state index in [1.54, 1.807) is 38.1 Å². The highest BCUT2D eigenvalue weighted by atomic mass is 32.2. The maximum Gasteiger partial charge on any atom is 0.287 e. The van der Waals surface area contributed by atoms with E-state index >= 15 is 0 Å². The number of carbonyl (C=O) groups excluding carboxylic acids is 1. The van der Waals surface area contributed by atoms with E-state index in [0.29, 0.717) is 34.9 Å². The molecule has 9 heteroatoms. The number of fused-ring (bicyclic) bond motifs is 1. The van der Waals surface area contributed by atoms with E-state index in [0.717, 1.165) is 5.56 Å². The van der Waals surface area contributed by atoms with E-state index in [1.165, 1.54) is 4.68 Å². The van der Waals surface area contributed by atoms with Gasteiger partial charge >= 0.3 is 0 Å². The molecule has 1 aromatic heterocycles. The van der Waals surface area contributed by atoms with Gasteiger partial charge in [0.25, 0.3) is 21.5 Å². The first-order chi connectivity index (χ1) is 15.4. The van der Waals surface area contributed by atoms with Gasteiger partial charge in [0.1, 0.15) is 0 Å². The van der Waals surface area contributed by atoms with Crippen molar-refractivity contribution in [1.82, 2.24) is 20.0 Å². The maximum atomic E-state index is 13.1. The topological polar surface area (TPSA) is 110 Å². The smallest absolute Gasteiger partial charge is 0.272 e. The number of benzene rings is 2. The lowest BCUT2D eigenvalue weighted by molar-refractivity contribution is 0.0939. The summed E-state index contributed by atoms with van der Waals surface area (Å²) in [5, 5.41) is 4.90. The number of hydrogen-bond donors (Lipinski definition) is 2. The molecule has 0 aliphatic carbocycles. The fraction of sp³-hybridized carbons (Fsp3) is 0.375. The third-order valence-corrected chi connectivity index (χ3v) is 6.96. The van der Waals surface area contributed by atoms with E-state index in [2.05, 4.69) is 36.1 Å². The highest BCUT2D eigenvalue weighted by Crippen LogP contribution is 2.29. The lowest BCUT2D eigenvalue weighted by Crippen LogP contribution is -2.43. The van der Waals surface area contributed by atoms with Crippen molar-refractivity contribution >= 4 is 26.7 Å². The molecule has 0 saturated heterocycles. The molecule has 1 amide bonds. The Kier molecular flexibility index (Phi) is 6.76. The van der Waals surface area contributed by atoms with Gasteiger partial charge < -0.3 is 0 Å². The second kappa shape index (κ2) is 9.07. The van der Waals surface area contributed by atoms with Gasteiger partial charge in [-0.05, 0) is 48.4 Å². The van der Waals surface area contributed by atoms with Crippen LogP contribution < -0.4 is 15.8 Å². The highest BCUT2D eigenvalue weighted by Gasteiger charge is 2.25. The Bertz CT molecular complexity index is 1360. The van der Waals surface area contributed by atoms with Crippen LogP contribution in [0.25, 0.3) is 10.8 Å². The Hall–Kier alpha value is -3.04. The van der Waals surface area contributed by atoms with Crippen LogP contribution >= 0.6 is 0 Å². The average Bonchev–Trinajstić information content (AvgIpc) is 2.73. The fourth-order valence-electron chi connectivity index (χ4n) is 3.80. The second-order valence-corrected chi connectivity index (χ2v) is 10.8. The fourth-order valence-corrected chi connectivity index (χ4v) is 5.09. The van der Waals surface area contributed by atoms with Crippen LogP contribution in [0, 0.1) is 13.8 Å². The zero-order valence-electron chi connectivity index (χ0n) is 19.8. The van der Waals surface area contributed by atoms with E-state index in [9.17, 15) is 18.0 Å². The molecule has 0 unspecified atom stereocenters. The third-order valence-electron chi connectivity index (χ3n) is 5.41. The molecule has 0 bridgehead atoms. The largest absolute Gasteiger partial charge is 0.287 e. The molecule has 0 atom stereocenters. The number of aromatic nitrogens is 2. The molecule has 0 fully saturated rings. The summed E-state index contributed by atoms with van der Waals surface area (Å²) in [7, 11) is -4.05. The quantitative estimate of drug-likeness (QED) is 0.537. The first-order valence-electron chi connectivity index (χ1n) is 10.8. The molecule has 33 heavy (non-hydrogen) atoms. The van der Waals surface area contributed by atoms with E-state index < -0.39 is 15.9 Å². The van der Waals surface area contributed by atoms with Crippen molar-refractivity contribution in [2.24, 2.45) is 0 Å². The van der Waals surface area contributed by atoms with Gasteiger partial charge in [0.15, 0.2) is 5.69 Å². The number of rotatable bonds is 6. The third kappa shape index (κ3) is 4.99. The Morgan fingerprint density at radius 1 is 1.06 bits per heavy atom. The van der Waals surface area contributed by atoms with Gasteiger partial charge in [-0.1, -0.05) is 58.0 Å². The first kappa shape index (κ1) is 24.6. The minimum atomic E-state index is -4.05. The molecule has 0 aliphatic rings. The van der Waals surface area contributed by atoms with Gasteiger partial charge in [0.05, 0.1) is 10.3 Å². The van der Waals surface area contributed by atoms with Crippen LogP contribution in [-0.2, 0) is 22.0 Å². The lowest BCUT2D eigenvalue weighted by Gasteiger charge is -2.22. The van der Waals surface area contributed by atoms with Crippen LogP contribution in [0.2, 0.25) is 0 Å². The number of hydrazine groups is 1. The summed E-state index contributed by atoms with van der Waals surface area (Å²) in [6.07, 6.45) is 0.655. The van der Waals surface area contributed by atoms with Gasteiger partial charge in [0.2, 0.25) is 0 Å². The summed E-state index contributed by atoms with van der Waals surface area (Å²) >= 11 is 0. The summed E-state index contributed by atoms with van der Waals surface area (Å²) in [5.74, 6) is -0.749. The summed E-state index contributed by atoms with van der Waals surface area (Å²) < 4.78 is 27.3. The minimum absolute atomic E-state index is 0.0297. The lowest BCUT2D eigenvalue weighted by atomic mass is 9.85. The predicted molar refractivity (Wildman–Crippen MR) is 129 cm³/mol. The van der Waals surface area contributed by atoms with Crippen LogP contribution in [0.5, 0.6) is 0 Å². The summed E-state index contributed by atoms with van der Waals surface area (Å²) in [4.78, 5) is 27.9. The van der Waals surface area contributed by atoms with Crippen molar-refractivity contribution < 1.29 is 13.2 Å². The number of nitrogens with zero attached hydrogens (tertiary/aromatic N) is 2. The van der Waals surface area contributed by atoms with Crippen LogP contribution in [-0.4, -0.2) is 24.1 Å². The summed E-state index contributed by atoms with van der Waals surface area (Å²) in [6.45, 7) is 11.9. The molecule has 8 nitrogen and oxygen atoms in total. The highest BCUT2D eigenvalue weighted by molar-refractivity contribution is 7.89. The molecular formula is C24H30N4O4S. The number of carbonyl (C=O) groups is 1.